The number of aliphatic hydroxyl groups is 2. The maximum Gasteiger partial charge on any atom is 0.119 e. The van der Waals surface area contributed by atoms with Crippen LogP contribution in [0.5, 0.6) is 17.2 Å². The van der Waals surface area contributed by atoms with Crippen LogP contribution in [0.25, 0.3) is 21.9 Å². The summed E-state index contributed by atoms with van der Waals surface area (Å²) in [6, 6.07) is 23.2. The lowest BCUT2D eigenvalue weighted by Gasteiger charge is -2.26. The van der Waals surface area contributed by atoms with Gasteiger partial charge < -0.3 is 24.4 Å². The molecule has 204 valence electrons. The fourth-order valence-corrected chi connectivity index (χ4v) is 5.47. The first-order chi connectivity index (χ1) is 19.1. The first-order valence-electron chi connectivity index (χ1n) is 13.6. The number of benzene rings is 4. The van der Waals surface area contributed by atoms with Crippen molar-refractivity contribution in [3.05, 3.63) is 89.5 Å². The van der Waals surface area contributed by atoms with Crippen LogP contribution in [0.4, 0.5) is 0 Å². The Hall–Kier alpha value is -3.58. The molecule has 0 amide bonds. The molecule has 1 aliphatic heterocycles. The van der Waals surface area contributed by atoms with Crippen LogP contribution >= 0.6 is 0 Å². The summed E-state index contributed by atoms with van der Waals surface area (Å²) in [5, 5.41) is 23.8. The van der Waals surface area contributed by atoms with Crippen LogP contribution in [-0.4, -0.2) is 55.6 Å². The number of likely N-dealkylation sites (tertiary alicyclic amines) is 1. The highest BCUT2D eigenvalue weighted by molar-refractivity contribution is 5.94. The zero-order valence-corrected chi connectivity index (χ0v) is 22.7. The van der Waals surface area contributed by atoms with E-state index < -0.39 is 6.10 Å². The van der Waals surface area contributed by atoms with Crippen molar-refractivity contribution in [1.82, 2.24) is 4.90 Å². The molecular formula is C33H37NO5. The van der Waals surface area contributed by atoms with Crippen LogP contribution in [0, 0.1) is 0 Å². The second-order valence-corrected chi connectivity index (χ2v) is 10.0. The molecule has 1 aliphatic rings. The van der Waals surface area contributed by atoms with Gasteiger partial charge in [-0.05, 0) is 95.4 Å². The summed E-state index contributed by atoms with van der Waals surface area (Å²) in [5.74, 6) is 2.22. The number of hydrogen-bond acceptors (Lipinski definition) is 6. The predicted molar refractivity (Wildman–Crippen MR) is 155 cm³/mol. The molecule has 1 heterocycles. The predicted octanol–water partition coefficient (Wildman–Crippen LogP) is 5.96. The Morgan fingerprint density at radius 3 is 2.15 bits per heavy atom. The van der Waals surface area contributed by atoms with Gasteiger partial charge in [-0.15, -0.1) is 0 Å². The molecule has 0 radical (unpaired) electrons. The van der Waals surface area contributed by atoms with Gasteiger partial charge in [0.15, 0.2) is 0 Å². The van der Waals surface area contributed by atoms with E-state index in [4.69, 9.17) is 14.2 Å². The minimum atomic E-state index is -0.895. The van der Waals surface area contributed by atoms with Gasteiger partial charge in [0.25, 0.3) is 0 Å². The normalized spacial score (nSPS) is 14.8. The first-order valence-corrected chi connectivity index (χ1v) is 13.6. The topological polar surface area (TPSA) is 71.4 Å². The third kappa shape index (κ3) is 6.04. The van der Waals surface area contributed by atoms with Gasteiger partial charge in [-0.1, -0.05) is 42.8 Å². The molecule has 0 bridgehead atoms. The standard InChI is InChI=1S/C33H37NO5/c1-37-27-12-15-30-24(20-27)8-13-31(29-14-11-28(38-2)21-25(29)22-35)32(30)33(36)23-6-9-26(10-7-23)39-19-18-34-16-4-3-5-17-34/h6-15,20-21,33,35-36H,3-5,16-19,22H2,1-2H3. The highest BCUT2D eigenvalue weighted by Gasteiger charge is 2.21. The van der Waals surface area contributed by atoms with Crippen molar-refractivity contribution in [2.75, 3.05) is 40.5 Å². The molecule has 0 aliphatic carbocycles. The Morgan fingerprint density at radius 1 is 0.769 bits per heavy atom. The Balaban J connectivity index is 1.47. The summed E-state index contributed by atoms with van der Waals surface area (Å²) in [6.07, 6.45) is 2.97. The van der Waals surface area contributed by atoms with Crippen LogP contribution in [-0.2, 0) is 6.61 Å². The smallest absolute Gasteiger partial charge is 0.119 e. The van der Waals surface area contributed by atoms with Crippen molar-refractivity contribution in [2.24, 2.45) is 0 Å². The first kappa shape index (κ1) is 27.0. The van der Waals surface area contributed by atoms with Crippen LogP contribution in [0.2, 0.25) is 0 Å². The fraction of sp³-hybridized carbons (Fsp3) is 0.333. The van der Waals surface area contributed by atoms with Crippen LogP contribution in [0.15, 0.2) is 72.8 Å². The lowest BCUT2D eigenvalue weighted by molar-refractivity contribution is 0.183. The number of fused-ring (bicyclic) bond motifs is 1. The second kappa shape index (κ2) is 12.5. The number of rotatable bonds is 10. The third-order valence-corrected chi connectivity index (χ3v) is 7.64. The van der Waals surface area contributed by atoms with Crippen LogP contribution in [0.3, 0.4) is 0 Å². The molecule has 4 aromatic carbocycles. The van der Waals surface area contributed by atoms with Gasteiger partial charge in [0.1, 0.15) is 30.0 Å². The number of hydrogen-bond donors (Lipinski definition) is 2. The number of ether oxygens (including phenoxy) is 3. The third-order valence-electron chi connectivity index (χ3n) is 7.64. The number of nitrogens with zero attached hydrogens (tertiary/aromatic N) is 1. The van der Waals surface area contributed by atoms with Crippen molar-refractivity contribution in [1.29, 1.82) is 0 Å². The van der Waals surface area contributed by atoms with E-state index in [9.17, 15) is 10.2 Å². The highest BCUT2D eigenvalue weighted by Crippen LogP contribution is 2.40. The molecule has 6 heteroatoms. The van der Waals surface area contributed by atoms with E-state index in [2.05, 4.69) is 4.90 Å². The zero-order chi connectivity index (χ0) is 27.2. The van der Waals surface area contributed by atoms with Crippen molar-refractivity contribution in [2.45, 2.75) is 32.0 Å². The average molecular weight is 528 g/mol. The quantitative estimate of drug-likeness (QED) is 0.265. The van der Waals surface area contributed by atoms with E-state index in [1.54, 1.807) is 14.2 Å². The monoisotopic (exact) mass is 527 g/mol. The zero-order valence-electron chi connectivity index (χ0n) is 22.7. The second-order valence-electron chi connectivity index (χ2n) is 10.0. The van der Waals surface area contributed by atoms with E-state index in [-0.39, 0.29) is 6.61 Å². The van der Waals surface area contributed by atoms with Gasteiger partial charge in [-0.2, -0.15) is 0 Å². The van der Waals surface area contributed by atoms with E-state index >= 15 is 0 Å². The van der Waals surface area contributed by atoms with E-state index in [1.807, 2.05) is 72.8 Å². The molecule has 39 heavy (non-hydrogen) atoms. The minimum absolute atomic E-state index is 0.147. The molecule has 5 rings (SSSR count). The molecule has 1 atom stereocenters. The van der Waals surface area contributed by atoms with Gasteiger partial charge in [0.05, 0.1) is 20.8 Å². The lowest BCUT2D eigenvalue weighted by Crippen LogP contribution is -2.33. The van der Waals surface area contributed by atoms with Crippen molar-refractivity contribution in [3.63, 3.8) is 0 Å². The summed E-state index contributed by atoms with van der Waals surface area (Å²) in [7, 11) is 3.25. The average Bonchev–Trinajstić information content (AvgIpc) is 3.00. The molecule has 0 aromatic heterocycles. The molecule has 1 fully saturated rings. The van der Waals surface area contributed by atoms with E-state index in [0.29, 0.717) is 12.4 Å². The SMILES string of the molecule is COc1ccc(-c2ccc3cc(OC)ccc3c2C(O)c2ccc(OCCN3CCCCC3)cc2)c(CO)c1. The van der Waals surface area contributed by atoms with Crippen LogP contribution < -0.4 is 14.2 Å². The van der Waals surface area contributed by atoms with Crippen LogP contribution in [0.1, 0.15) is 42.1 Å². The lowest BCUT2D eigenvalue weighted by atomic mass is 9.86. The summed E-state index contributed by atoms with van der Waals surface area (Å²) in [5.41, 5.74) is 3.97. The maximum absolute atomic E-state index is 11.8. The van der Waals surface area contributed by atoms with Gasteiger partial charge in [-0.25, -0.2) is 0 Å². The van der Waals surface area contributed by atoms with E-state index in [0.717, 1.165) is 69.7 Å². The minimum Gasteiger partial charge on any atom is -0.497 e. The van der Waals surface area contributed by atoms with Gasteiger partial charge >= 0.3 is 0 Å². The molecule has 4 aromatic rings. The summed E-state index contributed by atoms with van der Waals surface area (Å²) >= 11 is 0. The van der Waals surface area contributed by atoms with Crippen molar-refractivity contribution >= 4 is 10.8 Å². The Morgan fingerprint density at radius 2 is 1.44 bits per heavy atom. The molecule has 6 nitrogen and oxygen atoms in total. The van der Waals surface area contributed by atoms with E-state index in [1.165, 1.54) is 19.3 Å². The largest absolute Gasteiger partial charge is 0.497 e. The highest BCUT2D eigenvalue weighted by atomic mass is 16.5. The molecular weight excluding hydrogens is 490 g/mol. The van der Waals surface area contributed by atoms with Gasteiger partial charge in [0, 0.05) is 12.1 Å². The van der Waals surface area contributed by atoms with Crippen molar-refractivity contribution in [3.8, 4) is 28.4 Å². The molecule has 2 N–H and O–H groups in total. The van der Waals surface area contributed by atoms with Crippen molar-refractivity contribution < 1.29 is 24.4 Å². The Bertz CT molecular complexity index is 1400. The fourth-order valence-electron chi connectivity index (χ4n) is 5.47. The number of piperidine rings is 1. The maximum atomic E-state index is 11.8. The molecule has 0 saturated carbocycles. The van der Waals surface area contributed by atoms with Gasteiger partial charge in [-0.3, -0.25) is 4.90 Å². The van der Waals surface area contributed by atoms with Gasteiger partial charge in [0.2, 0.25) is 0 Å². The number of aliphatic hydroxyl groups excluding tert-OH is 2. The summed E-state index contributed by atoms with van der Waals surface area (Å²) in [6.45, 7) is 3.74. The summed E-state index contributed by atoms with van der Waals surface area (Å²) in [4.78, 5) is 2.46. The summed E-state index contributed by atoms with van der Waals surface area (Å²) < 4.78 is 16.8. The molecule has 1 saturated heterocycles. The Kier molecular flexibility index (Phi) is 8.67. The number of methoxy groups -OCH3 is 2. The molecule has 1 unspecified atom stereocenters. The molecule has 0 spiro atoms. The Labute approximate surface area is 230 Å².